The maximum absolute atomic E-state index is 14.2. The Morgan fingerprint density at radius 3 is 2.52 bits per heavy atom. The topological polar surface area (TPSA) is 63.7 Å². The maximum atomic E-state index is 14.2. The summed E-state index contributed by atoms with van der Waals surface area (Å²) in [6.07, 6.45) is 0. The molecule has 1 amide bonds. The number of methoxy groups -OCH3 is 1. The largest absolute Gasteiger partial charge is 0.383 e. The van der Waals surface area contributed by atoms with Crippen molar-refractivity contribution in [3.63, 3.8) is 0 Å². The number of carbonyl (C=O) groups excluding carboxylic acids is 1. The number of hydrogen-bond donors (Lipinski definition) is 0. The van der Waals surface area contributed by atoms with Crippen molar-refractivity contribution in [1.29, 1.82) is 0 Å². The highest BCUT2D eigenvalue weighted by molar-refractivity contribution is 9.10. The molecule has 0 spiro atoms. The first-order valence-electron chi connectivity index (χ1n) is 5.47. The summed E-state index contributed by atoms with van der Waals surface area (Å²) < 4.78 is 55.0. The van der Waals surface area contributed by atoms with Gasteiger partial charge in [-0.3, -0.25) is 4.79 Å². The van der Waals surface area contributed by atoms with Gasteiger partial charge in [0, 0.05) is 35.9 Å². The van der Waals surface area contributed by atoms with Gasteiger partial charge in [0.2, 0.25) is 0 Å². The molecule has 0 bridgehead atoms. The van der Waals surface area contributed by atoms with Crippen LogP contribution < -0.4 is 0 Å². The summed E-state index contributed by atoms with van der Waals surface area (Å²) in [7, 11) is 3.31. The van der Waals surface area contributed by atoms with Crippen LogP contribution in [0.5, 0.6) is 0 Å². The van der Waals surface area contributed by atoms with Gasteiger partial charge in [0.15, 0.2) is 5.82 Å². The van der Waals surface area contributed by atoms with Gasteiger partial charge in [0.1, 0.15) is 16.3 Å². The smallest absolute Gasteiger partial charge is 0.265 e. The summed E-state index contributed by atoms with van der Waals surface area (Å²) >= 11 is 2.71. The predicted octanol–water partition coefficient (Wildman–Crippen LogP) is 2.37. The lowest BCUT2D eigenvalue weighted by atomic mass is 10.1. The molecule has 0 N–H and O–H groups in total. The van der Waals surface area contributed by atoms with Gasteiger partial charge < -0.3 is 9.64 Å². The van der Waals surface area contributed by atoms with E-state index in [0.29, 0.717) is 6.07 Å². The minimum absolute atomic E-state index is 0.0766. The molecule has 21 heavy (non-hydrogen) atoms. The van der Waals surface area contributed by atoms with E-state index in [9.17, 15) is 22.0 Å². The van der Waals surface area contributed by atoms with E-state index in [1.807, 2.05) is 0 Å². The Balaban J connectivity index is 3.41. The van der Waals surface area contributed by atoms with E-state index in [1.165, 1.54) is 14.2 Å². The van der Waals surface area contributed by atoms with Crippen molar-refractivity contribution < 1.29 is 26.7 Å². The number of halogens is 4. The van der Waals surface area contributed by atoms with E-state index >= 15 is 0 Å². The minimum atomic E-state index is -4.49. The number of rotatable bonds is 5. The van der Waals surface area contributed by atoms with Crippen molar-refractivity contribution in [3.05, 3.63) is 27.7 Å². The highest BCUT2D eigenvalue weighted by atomic mass is 79.9. The van der Waals surface area contributed by atoms with Crippen LogP contribution in [0.1, 0.15) is 10.4 Å². The molecule has 0 fully saturated rings. The first-order valence-corrected chi connectivity index (χ1v) is 8.58. The van der Waals surface area contributed by atoms with Crippen molar-refractivity contribution in [2.45, 2.75) is 4.90 Å². The summed E-state index contributed by atoms with van der Waals surface area (Å²) in [4.78, 5) is 12.0. The first kappa shape index (κ1) is 18.3. The molecule has 0 aliphatic carbocycles. The molecule has 1 rings (SSSR count). The molecule has 0 aliphatic rings. The molecular formula is C11H11BrClF2NO4S. The van der Waals surface area contributed by atoms with E-state index in [4.69, 9.17) is 15.4 Å². The predicted molar refractivity (Wildman–Crippen MR) is 75.9 cm³/mol. The summed E-state index contributed by atoms with van der Waals surface area (Å²) in [5, 5.41) is 0. The van der Waals surface area contributed by atoms with E-state index in [1.54, 1.807) is 0 Å². The van der Waals surface area contributed by atoms with Crippen LogP contribution in [0.4, 0.5) is 8.78 Å². The Bertz CT molecular complexity index is 669. The maximum Gasteiger partial charge on any atom is 0.265 e. The SMILES string of the molecule is COCCN(C)C(=O)c1c(F)cc(Br)c(S(=O)(=O)Cl)c1F. The lowest BCUT2D eigenvalue weighted by Gasteiger charge is -2.18. The number of carbonyl (C=O) groups is 1. The fourth-order valence-electron chi connectivity index (χ4n) is 1.51. The molecule has 0 saturated heterocycles. The normalized spacial score (nSPS) is 11.5. The zero-order chi connectivity index (χ0) is 16.4. The van der Waals surface area contributed by atoms with Crippen molar-refractivity contribution >= 4 is 41.6 Å². The summed E-state index contributed by atoms with van der Waals surface area (Å²) in [6, 6.07) is 0.676. The Kier molecular flexibility index (Phi) is 6.09. The lowest BCUT2D eigenvalue weighted by molar-refractivity contribution is 0.0734. The van der Waals surface area contributed by atoms with Crippen LogP contribution in [0.3, 0.4) is 0 Å². The molecule has 1 aromatic carbocycles. The van der Waals surface area contributed by atoms with Gasteiger partial charge >= 0.3 is 0 Å². The number of amides is 1. The standard InChI is InChI=1S/C11H11BrClF2NO4S/c1-16(3-4-20-2)11(17)8-7(14)5-6(12)10(9(8)15)21(13,18)19/h5H,3-4H2,1-2H3. The van der Waals surface area contributed by atoms with Gasteiger partial charge in [-0.05, 0) is 22.0 Å². The van der Waals surface area contributed by atoms with Crippen LogP contribution in [0.25, 0.3) is 0 Å². The van der Waals surface area contributed by atoms with Crippen LogP contribution in [0, 0.1) is 11.6 Å². The van der Waals surface area contributed by atoms with Crippen LogP contribution in [0.15, 0.2) is 15.4 Å². The lowest BCUT2D eigenvalue weighted by Crippen LogP contribution is -2.31. The Morgan fingerprint density at radius 1 is 1.48 bits per heavy atom. The number of nitrogens with zero attached hydrogens (tertiary/aromatic N) is 1. The van der Waals surface area contributed by atoms with E-state index in [0.717, 1.165) is 4.90 Å². The second-order valence-corrected chi connectivity index (χ2v) is 7.37. The van der Waals surface area contributed by atoms with Crippen molar-refractivity contribution in [3.8, 4) is 0 Å². The third-order valence-electron chi connectivity index (χ3n) is 2.56. The second-order valence-electron chi connectivity index (χ2n) is 4.02. The third kappa shape index (κ3) is 4.12. The van der Waals surface area contributed by atoms with Crippen LogP contribution in [0.2, 0.25) is 0 Å². The highest BCUT2D eigenvalue weighted by Gasteiger charge is 2.30. The molecule has 1 aromatic rings. The van der Waals surface area contributed by atoms with Crippen molar-refractivity contribution in [2.24, 2.45) is 0 Å². The number of likely N-dealkylation sites (N-methyl/N-ethyl adjacent to an activating group) is 1. The van der Waals surface area contributed by atoms with E-state index < -0.39 is 41.5 Å². The Morgan fingerprint density at radius 2 is 2.05 bits per heavy atom. The minimum Gasteiger partial charge on any atom is -0.383 e. The monoisotopic (exact) mass is 405 g/mol. The molecule has 0 unspecified atom stereocenters. The molecule has 118 valence electrons. The summed E-state index contributed by atoms with van der Waals surface area (Å²) in [6.45, 7) is 0.232. The molecule has 0 atom stereocenters. The van der Waals surface area contributed by atoms with Gasteiger partial charge in [-0.25, -0.2) is 17.2 Å². The zero-order valence-corrected chi connectivity index (χ0v) is 14.2. The zero-order valence-electron chi connectivity index (χ0n) is 11.0. The van der Waals surface area contributed by atoms with E-state index in [2.05, 4.69) is 15.9 Å². The Hall–Kier alpha value is -0.770. The van der Waals surface area contributed by atoms with Gasteiger partial charge in [0.25, 0.3) is 15.0 Å². The Labute approximate surface area is 133 Å². The summed E-state index contributed by atoms with van der Waals surface area (Å²) in [5.74, 6) is -3.75. The quantitative estimate of drug-likeness (QED) is 0.704. The molecule has 10 heteroatoms. The number of benzene rings is 1. The fraction of sp³-hybridized carbons (Fsp3) is 0.364. The molecule has 0 aliphatic heterocycles. The van der Waals surface area contributed by atoms with Gasteiger partial charge in [-0.15, -0.1) is 0 Å². The number of hydrogen-bond acceptors (Lipinski definition) is 4. The van der Waals surface area contributed by atoms with Crippen LogP contribution in [-0.4, -0.2) is 46.5 Å². The second kappa shape index (κ2) is 6.99. The fourth-order valence-corrected chi connectivity index (χ4v) is 3.87. The van der Waals surface area contributed by atoms with Crippen molar-refractivity contribution in [2.75, 3.05) is 27.3 Å². The summed E-state index contributed by atoms with van der Waals surface area (Å²) in [5.41, 5.74) is -0.990. The first-order chi connectivity index (χ1) is 9.61. The van der Waals surface area contributed by atoms with Crippen LogP contribution in [-0.2, 0) is 13.8 Å². The molecule has 0 saturated carbocycles. The number of ether oxygens (including phenoxy) is 1. The molecule has 5 nitrogen and oxygen atoms in total. The molecule has 0 radical (unpaired) electrons. The average molecular weight is 407 g/mol. The highest BCUT2D eigenvalue weighted by Crippen LogP contribution is 2.32. The van der Waals surface area contributed by atoms with Gasteiger partial charge in [-0.1, -0.05) is 0 Å². The molecule has 0 aromatic heterocycles. The van der Waals surface area contributed by atoms with Gasteiger partial charge in [-0.2, -0.15) is 0 Å². The average Bonchev–Trinajstić information content (AvgIpc) is 2.32. The van der Waals surface area contributed by atoms with Crippen LogP contribution >= 0.6 is 26.6 Å². The van der Waals surface area contributed by atoms with Gasteiger partial charge in [0.05, 0.1) is 6.61 Å². The van der Waals surface area contributed by atoms with E-state index in [-0.39, 0.29) is 13.2 Å². The van der Waals surface area contributed by atoms with Crippen molar-refractivity contribution in [1.82, 2.24) is 4.90 Å². The molecule has 0 heterocycles. The third-order valence-corrected chi connectivity index (χ3v) is 4.80. The molecular weight excluding hydrogens is 396 g/mol.